The molecule has 3 nitrogen and oxygen atoms in total. The van der Waals surface area contributed by atoms with E-state index in [9.17, 15) is 0 Å². The van der Waals surface area contributed by atoms with Crippen LogP contribution in [-0.2, 0) is 6.54 Å². The predicted molar refractivity (Wildman–Crippen MR) is 68.5 cm³/mol. The highest BCUT2D eigenvalue weighted by Crippen LogP contribution is 2.25. The van der Waals surface area contributed by atoms with Gasteiger partial charge in [0.1, 0.15) is 5.82 Å². The van der Waals surface area contributed by atoms with Crippen LogP contribution in [0.25, 0.3) is 0 Å². The van der Waals surface area contributed by atoms with E-state index >= 15 is 0 Å². The van der Waals surface area contributed by atoms with Crippen LogP contribution in [0.1, 0.15) is 5.82 Å². The largest absolute Gasteiger partial charge is 0.377 e. The van der Waals surface area contributed by atoms with E-state index in [1.54, 1.807) is 18.5 Å². The van der Waals surface area contributed by atoms with Crippen LogP contribution in [0.4, 0.5) is 5.69 Å². The summed E-state index contributed by atoms with van der Waals surface area (Å²) in [4.78, 5) is 8.25. The normalized spacial score (nSPS) is 10.1. The van der Waals surface area contributed by atoms with Gasteiger partial charge in [-0.3, -0.25) is 0 Å². The molecule has 0 spiro atoms. The van der Waals surface area contributed by atoms with Gasteiger partial charge in [-0.2, -0.15) is 0 Å². The Morgan fingerprint density at radius 2 is 2.00 bits per heavy atom. The number of benzene rings is 1. The van der Waals surface area contributed by atoms with E-state index in [1.165, 1.54) is 0 Å². The Morgan fingerprint density at radius 1 is 1.25 bits per heavy atom. The molecule has 0 unspecified atom stereocenters. The first kappa shape index (κ1) is 11.4. The fraction of sp³-hybridized carbons (Fsp3) is 0.0909. The average molecular weight is 299 g/mol. The van der Waals surface area contributed by atoms with Gasteiger partial charge in [-0.25, -0.2) is 9.97 Å². The number of halogens is 2. The molecule has 2 aromatic rings. The van der Waals surface area contributed by atoms with Crippen LogP contribution in [-0.4, -0.2) is 9.97 Å². The molecule has 0 aliphatic heterocycles. The first-order valence-electron chi connectivity index (χ1n) is 4.70. The minimum Gasteiger partial charge on any atom is -0.377 e. The summed E-state index contributed by atoms with van der Waals surface area (Å²) in [5.41, 5.74) is 0.969. The van der Waals surface area contributed by atoms with E-state index in [0.717, 1.165) is 16.0 Å². The third-order valence-corrected chi connectivity index (χ3v) is 2.88. The third-order valence-electron chi connectivity index (χ3n) is 1.99. The molecule has 0 saturated carbocycles. The van der Waals surface area contributed by atoms with Crippen molar-refractivity contribution in [3.63, 3.8) is 0 Å². The highest BCUT2D eigenvalue weighted by molar-refractivity contribution is 9.10. The SMILES string of the molecule is Clc1ccc(NCc2ncccn2)c(Br)c1. The highest BCUT2D eigenvalue weighted by atomic mass is 79.9. The van der Waals surface area contributed by atoms with Crippen molar-refractivity contribution in [2.45, 2.75) is 6.54 Å². The first-order chi connectivity index (χ1) is 7.75. The molecule has 82 valence electrons. The van der Waals surface area contributed by atoms with Gasteiger partial charge in [0.2, 0.25) is 0 Å². The Labute approximate surface area is 107 Å². The lowest BCUT2D eigenvalue weighted by Gasteiger charge is -2.07. The van der Waals surface area contributed by atoms with Gasteiger partial charge in [-0.05, 0) is 40.2 Å². The van der Waals surface area contributed by atoms with Crippen molar-refractivity contribution in [2.24, 2.45) is 0 Å². The lowest BCUT2D eigenvalue weighted by atomic mass is 10.3. The molecule has 16 heavy (non-hydrogen) atoms. The molecule has 1 heterocycles. The molecule has 0 amide bonds. The lowest BCUT2D eigenvalue weighted by Crippen LogP contribution is -2.03. The van der Waals surface area contributed by atoms with E-state index in [-0.39, 0.29) is 0 Å². The van der Waals surface area contributed by atoms with Crippen LogP contribution >= 0.6 is 27.5 Å². The zero-order chi connectivity index (χ0) is 11.4. The molecule has 1 aromatic carbocycles. The van der Waals surface area contributed by atoms with Crippen molar-refractivity contribution in [2.75, 3.05) is 5.32 Å². The quantitative estimate of drug-likeness (QED) is 0.942. The van der Waals surface area contributed by atoms with Crippen molar-refractivity contribution < 1.29 is 0 Å². The van der Waals surface area contributed by atoms with Crippen LogP contribution in [0.15, 0.2) is 41.1 Å². The average Bonchev–Trinajstić information content (AvgIpc) is 2.29. The fourth-order valence-corrected chi connectivity index (χ4v) is 2.05. The van der Waals surface area contributed by atoms with Gasteiger partial charge in [0, 0.05) is 27.6 Å². The summed E-state index contributed by atoms with van der Waals surface area (Å²) in [5, 5.41) is 3.93. The zero-order valence-electron chi connectivity index (χ0n) is 8.32. The highest BCUT2D eigenvalue weighted by Gasteiger charge is 2.01. The minimum absolute atomic E-state index is 0.584. The van der Waals surface area contributed by atoms with Crippen LogP contribution in [0.3, 0.4) is 0 Å². The van der Waals surface area contributed by atoms with E-state index in [0.29, 0.717) is 11.6 Å². The van der Waals surface area contributed by atoms with E-state index < -0.39 is 0 Å². The van der Waals surface area contributed by atoms with Crippen LogP contribution in [0, 0.1) is 0 Å². The third kappa shape index (κ3) is 2.93. The topological polar surface area (TPSA) is 37.8 Å². The molecule has 0 aliphatic rings. The number of aromatic nitrogens is 2. The zero-order valence-corrected chi connectivity index (χ0v) is 10.7. The summed E-state index contributed by atoms with van der Waals surface area (Å²) in [6, 6.07) is 7.38. The Hall–Kier alpha value is -1.13. The maximum absolute atomic E-state index is 5.85. The van der Waals surface area contributed by atoms with Gasteiger partial charge in [0.25, 0.3) is 0 Å². The van der Waals surface area contributed by atoms with E-state index in [1.807, 2.05) is 18.2 Å². The molecule has 0 fully saturated rings. The molecular formula is C11H9BrClN3. The van der Waals surface area contributed by atoms with E-state index in [4.69, 9.17) is 11.6 Å². The maximum atomic E-state index is 5.85. The van der Waals surface area contributed by atoms with E-state index in [2.05, 4.69) is 31.2 Å². The number of hydrogen-bond acceptors (Lipinski definition) is 3. The summed E-state index contributed by atoms with van der Waals surface area (Å²) in [6.07, 6.45) is 3.45. The Bertz CT molecular complexity index is 476. The fourth-order valence-electron chi connectivity index (χ4n) is 1.23. The molecule has 1 N–H and O–H groups in total. The van der Waals surface area contributed by atoms with Gasteiger partial charge < -0.3 is 5.32 Å². The molecule has 5 heteroatoms. The molecule has 1 aromatic heterocycles. The van der Waals surface area contributed by atoms with Gasteiger partial charge in [0.05, 0.1) is 6.54 Å². The van der Waals surface area contributed by atoms with Gasteiger partial charge in [-0.1, -0.05) is 11.6 Å². The number of rotatable bonds is 3. The molecule has 0 aliphatic carbocycles. The summed E-state index contributed by atoms with van der Waals surface area (Å²) >= 11 is 9.28. The molecule has 0 radical (unpaired) electrons. The monoisotopic (exact) mass is 297 g/mol. The molecule has 0 atom stereocenters. The van der Waals surface area contributed by atoms with Crippen LogP contribution in [0.5, 0.6) is 0 Å². The Morgan fingerprint density at radius 3 is 2.69 bits per heavy atom. The summed E-state index contributed by atoms with van der Waals surface area (Å²) in [5.74, 6) is 0.754. The summed E-state index contributed by atoms with van der Waals surface area (Å²) in [6.45, 7) is 0.584. The molecular weight excluding hydrogens is 289 g/mol. The van der Waals surface area contributed by atoms with Gasteiger partial charge in [0.15, 0.2) is 0 Å². The number of hydrogen-bond donors (Lipinski definition) is 1. The Kier molecular flexibility index (Phi) is 3.74. The van der Waals surface area contributed by atoms with Crippen molar-refractivity contribution in [1.29, 1.82) is 0 Å². The van der Waals surface area contributed by atoms with Crippen LogP contribution in [0.2, 0.25) is 5.02 Å². The number of nitrogens with one attached hydrogen (secondary N) is 1. The van der Waals surface area contributed by atoms with Crippen molar-refractivity contribution in [1.82, 2.24) is 9.97 Å². The van der Waals surface area contributed by atoms with Gasteiger partial charge in [-0.15, -0.1) is 0 Å². The minimum atomic E-state index is 0.584. The smallest absolute Gasteiger partial charge is 0.147 e. The second kappa shape index (κ2) is 5.27. The summed E-state index contributed by atoms with van der Waals surface area (Å²) in [7, 11) is 0. The molecule has 0 bridgehead atoms. The van der Waals surface area contributed by atoms with Crippen molar-refractivity contribution >= 4 is 33.2 Å². The maximum Gasteiger partial charge on any atom is 0.147 e. The van der Waals surface area contributed by atoms with Crippen molar-refractivity contribution in [3.8, 4) is 0 Å². The molecule has 2 rings (SSSR count). The Balaban J connectivity index is 2.05. The predicted octanol–water partition coefficient (Wildman–Crippen LogP) is 3.50. The second-order valence-electron chi connectivity index (χ2n) is 3.14. The van der Waals surface area contributed by atoms with Gasteiger partial charge >= 0.3 is 0 Å². The summed E-state index contributed by atoms with van der Waals surface area (Å²) < 4.78 is 0.927. The first-order valence-corrected chi connectivity index (χ1v) is 5.87. The standard InChI is InChI=1S/C11H9BrClN3/c12-9-6-8(13)2-3-10(9)16-7-11-14-4-1-5-15-11/h1-6,16H,7H2. The van der Waals surface area contributed by atoms with Crippen LogP contribution < -0.4 is 5.32 Å². The van der Waals surface area contributed by atoms with Crippen molar-refractivity contribution in [3.05, 3.63) is 52.0 Å². The lowest BCUT2D eigenvalue weighted by molar-refractivity contribution is 0.947. The number of anilines is 1. The number of nitrogens with zero attached hydrogens (tertiary/aromatic N) is 2. The second-order valence-corrected chi connectivity index (χ2v) is 4.43. The molecule has 0 saturated heterocycles.